The van der Waals surface area contributed by atoms with E-state index in [2.05, 4.69) is 66.9 Å². The molecule has 106 valence electrons. The van der Waals surface area contributed by atoms with Crippen LogP contribution in [0.5, 0.6) is 0 Å². The molecule has 0 radical (unpaired) electrons. The Morgan fingerprint density at radius 2 is 1.35 bits per heavy atom. The monoisotopic (exact) mass is 268 g/mol. The Morgan fingerprint density at radius 1 is 0.750 bits per heavy atom. The Bertz CT molecular complexity index is 505. The number of benzene rings is 2. The first-order valence-corrected chi connectivity index (χ1v) is 7.31. The molecule has 1 heterocycles. The van der Waals surface area contributed by atoms with Crippen LogP contribution in [0.3, 0.4) is 0 Å². The van der Waals surface area contributed by atoms with Crippen LogP contribution in [-0.2, 0) is 0 Å². The molecule has 2 nitrogen and oxygen atoms in total. The summed E-state index contributed by atoms with van der Waals surface area (Å²) in [5, 5.41) is 6.44. The average Bonchev–Trinajstić information content (AvgIpc) is 2.50. The number of nitrogens with one attached hydrogen (secondary N) is 2. The van der Waals surface area contributed by atoms with Gasteiger partial charge in [-0.25, -0.2) is 0 Å². The van der Waals surface area contributed by atoms with Crippen LogP contribution in [0.2, 0.25) is 0 Å². The fraction of sp³-hybridized carbons (Fsp3) is 0.333. The lowest BCUT2D eigenvalue weighted by molar-refractivity contribution is 0.534. The summed E-state index contributed by atoms with van der Waals surface area (Å²) < 4.78 is 0. The third kappa shape index (κ3) is 4.48. The molecule has 0 aliphatic carbocycles. The van der Waals surface area contributed by atoms with E-state index < -0.39 is 0 Å². The van der Waals surface area contributed by atoms with Crippen molar-refractivity contribution in [3.63, 3.8) is 0 Å². The molecule has 3 rings (SSSR count). The van der Waals surface area contributed by atoms with Gasteiger partial charge in [0.05, 0.1) is 0 Å². The highest BCUT2D eigenvalue weighted by molar-refractivity contribution is 5.67. The molecular weight excluding hydrogens is 244 g/mol. The topological polar surface area (TPSA) is 24.1 Å². The Hall–Kier alpha value is -1.64. The van der Waals surface area contributed by atoms with Gasteiger partial charge in [0.1, 0.15) is 0 Å². The Balaban J connectivity index is 0.000000205. The van der Waals surface area contributed by atoms with Gasteiger partial charge >= 0.3 is 0 Å². The summed E-state index contributed by atoms with van der Waals surface area (Å²) in [5.74, 6) is 0. The summed E-state index contributed by atoms with van der Waals surface area (Å²) in [6, 6.07) is 17.1. The van der Waals surface area contributed by atoms with E-state index >= 15 is 0 Å². The zero-order valence-corrected chi connectivity index (χ0v) is 12.4. The van der Waals surface area contributed by atoms with Gasteiger partial charge in [-0.1, -0.05) is 54.1 Å². The smallest absolute Gasteiger partial charge is 0.00772 e. The summed E-state index contributed by atoms with van der Waals surface area (Å²) in [6.07, 6.45) is 0. The molecule has 0 atom stereocenters. The van der Waals surface area contributed by atoms with Crippen molar-refractivity contribution in [2.24, 2.45) is 0 Å². The molecule has 2 aromatic rings. The molecule has 1 aliphatic rings. The van der Waals surface area contributed by atoms with Crippen molar-refractivity contribution >= 4 is 0 Å². The van der Waals surface area contributed by atoms with E-state index in [9.17, 15) is 0 Å². The molecule has 2 aromatic carbocycles. The zero-order valence-electron chi connectivity index (χ0n) is 12.4. The number of piperazine rings is 1. The SMILES string of the molecule is C1CNCCN1.Cc1ccc(-c2ccccc2)c(C)c1. The van der Waals surface area contributed by atoms with E-state index in [0.29, 0.717) is 0 Å². The Morgan fingerprint density at radius 3 is 1.85 bits per heavy atom. The van der Waals surface area contributed by atoms with Crippen molar-refractivity contribution in [3.05, 3.63) is 59.7 Å². The Kier molecular flexibility index (Phi) is 5.78. The van der Waals surface area contributed by atoms with Gasteiger partial charge < -0.3 is 10.6 Å². The number of aryl methyl sites for hydroxylation is 2. The number of hydrogen-bond donors (Lipinski definition) is 2. The molecule has 0 saturated carbocycles. The lowest BCUT2D eigenvalue weighted by Gasteiger charge is -2.11. The van der Waals surface area contributed by atoms with Crippen LogP contribution in [0.25, 0.3) is 11.1 Å². The minimum absolute atomic E-state index is 1.14. The van der Waals surface area contributed by atoms with Crippen molar-refractivity contribution in [1.82, 2.24) is 10.6 Å². The maximum Gasteiger partial charge on any atom is 0.00772 e. The predicted molar refractivity (Wildman–Crippen MR) is 87.1 cm³/mol. The van der Waals surface area contributed by atoms with Crippen LogP contribution in [0.1, 0.15) is 11.1 Å². The maximum absolute atomic E-state index is 3.22. The minimum atomic E-state index is 1.14. The molecule has 0 spiro atoms. The van der Waals surface area contributed by atoms with Crippen LogP contribution in [0.15, 0.2) is 48.5 Å². The molecule has 1 fully saturated rings. The second kappa shape index (κ2) is 7.83. The van der Waals surface area contributed by atoms with Gasteiger partial charge in [0, 0.05) is 26.2 Å². The lowest BCUT2D eigenvalue weighted by atomic mass is 9.99. The summed E-state index contributed by atoms with van der Waals surface area (Å²) in [5.41, 5.74) is 5.29. The quantitative estimate of drug-likeness (QED) is 0.830. The first-order valence-electron chi connectivity index (χ1n) is 7.31. The average molecular weight is 268 g/mol. The highest BCUT2D eigenvalue weighted by atomic mass is 15.0. The van der Waals surface area contributed by atoms with Crippen LogP contribution >= 0.6 is 0 Å². The molecule has 2 N–H and O–H groups in total. The predicted octanol–water partition coefficient (Wildman–Crippen LogP) is 3.15. The van der Waals surface area contributed by atoms with E-state index in [-0.39, 0.29) is 0 Å². The summed E-state index contributed by atoms with van der Waals surface area (Å²) in [6.45, 7) is 8.84. The van der Waals surface area contributed by atoms with Gasteiger partial charge in [0.2, 0.25) is 0 Å². The highest BCUT2D eigenvalue weighted by Gasteiger charge is 1.99. The molecule has 1 aliphatic heterocycles. The Labute approximate surface area is 122 Å². The van der Waals surface area contributed by atoms with Crippen molar-refractivity contribution in [2.75, 3.05) is 26.2 Å². The van der Waals surface area contributed by atoms with E-state index in [4.69, 9.17) is 0 Å². The minimum Gasteiger partial charge on any atom is -0.314 e. The molecule has 20 heavy (non-hydrogen) atoms. The zero-order chi connectivity index (χ0) is 14.2. The van der Waals surface area contributed by atoms with Gasteiger partial charge in [-0.15, -0.1) is 0 Å². The number of hydrogen-bond acceptors (Lipinski definition) is 2. The van der Waals surface area contributed by atoms with E-state index in [1.165, 1.54) is 22.3 Å². The van der Waals surface area contributed by atoms with Gasteiger partial charge in [-0.05, 0) is 30.5 Å². The van der Waals surface area contributed by atoms with Crippen LogP contribution in [0.4, 0.5) is 0 Å². The van der Waals surface area contributed by atoms with Gasteiger partial charge in [-0.3, -0.25) is 0 Å². The van der Waals surface area contributed by atoms with Gasteiger partial charge in [0.15, 0.2) is 0 Å². The van der Waals surface area contributed by atoms with Crippen molar-refractivity contribution in [3.8, 4) is 11.1 Å². The first-order chi connectivity index (χ1) is 9.77. The number of rotatable bonds is 1. The van der Waals surface area contributed by atoms with E-state index in [1.807, 2.05) is 6.07 Å². The van der Waals surface area contributed by atoms with Crippen LogP contribution in [-0.4, -0.2) is 26.2 Å². The second-order valence-corrected chi connectivity index (χ2v) is 5.18. The third-order valence-corrected chi connectivity index (χ3v) is 3.42. The standard InChI is InChI=1S/C14H14.C4H10N2/c1-11-8-9-14(12(2)10-11)13-6-4-3-5-7-13;1-2-6-4-3-5-1/h3-10H,1-2H3;5-6H,1-4H2. The third-order valence-electron chi connectivity index (χ3n) is 3.42. The largest absolute Gasteiger partial charge is 0.314 e. The molecule has 2 heteroatoms. The van der Waals surface area contributed by atoms with Crippen LogP contribution in [0, 0.1) is 13.8 Å². The normalized spacial score (nSPS) is 14.3. The van der Waals surface area contributed by atoms with E-state index in [0.717, 1.165) is 26.2 Å². The molecule has 0 aromatic heterocycles. The fourth-order valence-corrected chi connectivity index (χ4v) is 2.36. The van der Waals surface area contributed by atoms with Crippen LogP contribution < -0.4 is 10.6 Å². The van der Waals surface area contributed by atoms with Crippen molar-refractivity contribution in [1.29, 1.82) is 0 Å². The van der Waals surface area contributed by atoms with Gasteiger partial charge in [-0.2, -0.15) is 0 Å². The lowest BCUT2D eigenvalue weighted by Crippen LogP contribution is -2.39. The summed E-state index contributed by atoms with van der Waals surface area (Å²) in [4.78, 5) is 0. The molecular formula is C18H24N2. The van der Waals surface area contributed by atoms with Gasteiger partial charge in [0.25, 0.3) is 0 Å². The first kappa shape index (κ1) is 14.8. The molecule has 0 amide bonds. The maximum atomic E-state index is 3.22. The molecule has 0 bridgehead atoms. The molecule has 1 saturated heterocycles. The van der Waals surface area contributed by atoms with E-state index in [1.54, 1.807) is 0 Å². The highest BCUT2D eigenvalue weighted by Crippen LogP contribution is 2.23. The summed E-state index contributed by atoms with van der Waals surface area (Å²) in [7, 11) is 0. The molecule has 0 unspecified atom stereocenters. The summed E-state index contributed by atoms with van der Waals surface area (Å²) >= 11 is 0. The van der Waals surface area contributed by atoms with Crippen molar-refractivity contribution in [2.45, 2.75) is 13.8 Å². The second-order valence-electron chi connectivity index (χ2n) is 5.18. The van der Waals surface area contributed by atoms with Crippen molar-refractivity contribution < 1.29 is 0 Å². The fourth-order valence-electron chi connectivity index (χ4n) is 2.36.